The lowest BCUT2D eigenvalue weighted by Gasteiger charge is -2.21. The Hall–Kier alpha value is -0.480. The summed E-state index contributed by atoms with van der Waals surface area (Å²) in [4.78, 5) is 0. The van der Waals surface area contributed by atoms with Crippen molar-refractivity contribution in [2.24, 2.45) is 5.92 Å². The first-order valence-electron chi connectivity index (χ1n) is 6.93. The van der Waals surface area contributed by atoms with Crippen LogP contribution in [0, 0.1) is 17.8 Å². The van der Waals surface area contributed by atoms with Gasteiger partial charge in [-0.25, -0.2) is 0 Å². The zero-order chi connectivity index (χ0) is 11.6. The molecule has 1 nitrogen and oxygen atoms in total. The molecule has 0 radical (unpaired) electrons. The molecule has 1 heteroatoms. The predicted octanol–water partition coefficient (Wildman–Crippen LogP) is 3.74. The molecule has 0 aromatic heterocycles. The van der Waals surface area contributed by atoms with Crippen LogP contribution in [0.25, 0.3) is 0 Å². The molecule has 0 saturated heterocycles. The van der Waals surface area contributed by atoms with E-state index >= 15 is 0 Å². The van der Waals surface area contributed by atoms with Gasteiger partial charge in [0, 0.05) is 12.5 Å². The SMILES string of the molecule is CC#CCCC(CC1CCCCCC1)NC. The highest BCUT2D eigenvalue weighted by atomic mass is 14.9. The highest BCUT2D eigenvalue weighted by Crippen LogP contribution is 2.27. The first-order chi connectivity index (χ1) is 7.86. The zero-order valence-electron chi connectivity index (χ0n) is 11.0. The van der Waals surface area contributed by atoms with E-state index in [0.29, 0.717) is 6.04 Å². The molecule has 1 rings (SSSR count). The molecule has 1 fully saturated rings. The van der Waals surface area contributed by atoms with Crippen molar-refractivity contribution in [3.05, 3.63) is 0 Å². The molecule has 1 saturated carbocycles. The van der Waals surface area contributed by atoms with Crippen molar-refractivity contribution >= 4 is 0 Å². The second-order valence-corrected chi connectivity index (χ2v) is 5.04. The molecule has 1 aliphatic rings. The van der Waals surface area contributed by atoms with E-state index in [2.05, 4.69) is 24.2 Å². The largest absolute Gasteiger partial charge is 0.317 e. The third kappa shape index (κ3) is 5.56. The minimum absolute atomic E-state index is 0.684. The molecule has 1 unspecified atom stereocenters. The fourth-order valence-corrected chi connectivity index (χ4v) is 2.75. The van der Waals surface area contributed by atoms with Gasteiger partial charge in [0.15, 0.2) is 0 Å². The Balaban J connectivity index is 2.26. The van der Waals surface area contributed by atoms with Crippen molar-refractivity contribution in [3.8, 4) is 11.8 Å². The Kier molecular flexibility index (Phi) is 7.34. The van der Waals surface area contributed by atoms with E-state index in [9.17, 15) is 0 Å². The summed E-state index contributed by atoms with van der Waals surface area (Å²) in [6, 6.07) is 0.684. The van der Waals surface area contributed by atoms with Crippen LogP contribution in [0.3, 0.4) is 0 Å². The lowest BCUT2D eigenvalue weighted by molar-refractivity contribution is 0.353. The molecule has 0 bridgehead atoms. The van der Waals surface area contributed by atoms with Crippen LogP contribution in [-0.2, 0) is 0 Å². The van der Waals surface area contributed by atoms with Crippen LogP contribution < -0.4 is 5.32 Å². The Bertz CT molecular complexity index is 215. The van der Waals surface area contributed by atoms with Gasteiger partial charge in [-0.3, -0.25) is 0 Å². The summed E-state index contributed by atoms with van der Waals surface area (Å²) in [7, 11) is 2.10. The lowest BCUT2D eigenvalue weighted by Crippen LogP contribution is -2.27. The second-order valence-electron chi connectivity index (χ2n) is 5.04. The molecule has 1 aliphatic carbocycles. The van der Waals surface area contributed by atoms with E-state index in [0.717, 1.165) is 12.3 Å². The Morgan fingerprint density at radius 2 is 1.88 bits per heavy atom. The van der Waals surface area contributed by atoms with Gasteiger partial charge >= 0.3 is 0 Å². The predicted molar refractivity (Wildman–Crippen MR) is 71.3 cm³/mol. The van der Waals surface area contributed by atoms with E-state index in [4.69, 9.17) is 0 Å². The van der Waals surface area contributed by atoms with Crippen LogP contribution in [0.4, 0.5) is 0 Å². The van der Waals surface area contributed by atoms with Crippen LogP contribution in [0.2, 0.25) is 0 Å². The van der Waals surface area contributed by atoms with Crippen molar-refractivity contribution in [3.63, 3.8) is 0 Å². The van der Waals surface area contributed by atoms with Crippen molar-refractivity contribution in [1.29, 1.82) is 0 Å². The minimum atomic E-state index is 0.684. The maximum atomic E-state index is 3.46. The van der Waals surface area contributed by atoms with Gasteiger partial charge in [-0.15, -0.1) is 11.8 Å². The van der Waals surface area contributed by atoms with Crippen molar-refractivity contribution in [2.45, 2.75) is 70.8 Å². The molecule has 0 spiro atoms. The molecular weight excluding hydrogens is 194 g/mol. The fraction of sp³-hybridized carbons (Fsp3) is 0.867. The number of nitrogens with one attached hydrogen (secondary N) is 1. The molecule has 0 aromatic carbocycles. The first-order valence-corrected chi connectivity index (χ1v) is 6.93. The molecule has 0 heterocycles. The quantitative estimate of drug-likeness (QED) is 0.551. The molecule has 0 aliphatic heterocycles. The van der Waals surface area contributed by atoms with Crippen LogP contribution in [0.1, 0.15) is 64.7 Å². The van der Waals surface area contributed by atoms with Gasteiger partial charge in [-0.05, 0) is 32.7 Å². The standard InChI is InChI=1S/C15H27N/c1-3-4-7-12-15(16-2)13-14-10-8-5-6-9-11-14/h14-16H,5-13H2,1-2H3. The molecule has 0 aromatic rings. The maximum absolute atomic E-state index is 3.46. The smallest absolute Gasteiger partial charge is 0.0103 e. The average molecular weight is 221 g/mol. The van der Waals surface area contributed by atoms with Crippen molar-refractivity contribution < 1.29 is 0 Å². The van der Waals surface area contributed by atoms with Gasteiger partial charge in [0.1, 0.15) is 0 Å². The van der Waals surface area contributed by atoms with Gasteiger partial charge in [0.05, 0.1) is 0 Å². The van der Waals surface area contributed by atoms with Crippen LogP contribution in [-0.4, -0.2) is 13.1 Å². The summed E-state index contributed by atoms with van der Waals surface area (Å²) < 4.78 is 0. The molecule has 92 valence electrons. The van der Waals surface area contributed by atoms with E-state index in [-0.39, 0.29) is 0 Å². The zero-order valence-corrected chi connectivity index (χ0v) is 11.0. The number of hydrogen-bond donors (Lipinski definition) is 1. The molecule has 1 atom stereocenters. The summed E-state index contributed by atoms with van der Waals surface area (Å²) in [5.41, 5.74) is 0. The molecule has 0 amide bonds. The summed E-state index contributed by atoms with van der Waals surface area (Å²) in [5.74, 6) is 7.12. The van der Waals surface area contributed by atoms with Crippen LogP contribution in [0.5, 0.6) is 0 Å². The van der Waals surface area contributed by atoms with Gasteiger partial charge < -0.3 is 5.32 Å². The summed E-state index contributed by atoms with van der Waals surface area (Å²) >= 11 is 0. The Morgan fingerprint density at radius 1 is 1.19 bits per heavy atom. The molecule has 1 N–H and O–H groups in total. The molecular formula is C15H27N. The van der Waals surface area contributed by atoms with Crippen molar-refractivity contribution in [1.82, 2.24) is 5.32 Å². The number of rotatable bonds is 5. The fourth-order valence-electron chi connectivity index (χ4n) is 2.75. The summed E-state index contributed by atoms with van der Waals surface area (Å²) in [5, 5.41) is 3.46. The van der Waals surface area contributed by atoms with E-state index < -0.39 is 0 Å². The Morgan fingerprint density at radius 3 is 2.44 bits per heavy atom. The van der Waals surface area contributed by atoms with Gasteiger partial charge in [-0.1, -0.05) is 38.5 Å². The second kappa shape index (κ2) is 8.65. The van der Waals surface area contributed by atoms with E-state index in [1.165, 1.54) is 51.4 Å². The summed E-state index contributed by atoms with van der Waals surface area (Å²) in [6.45, 7) is 1.93. The van der Waals surface area contributed by atoms with E-state index in [1.54, 1.807) is 0 Å². The third-order valence-corrected chi connectivity index (χ3v) is 3.80. The molecule has 16 heavy (non-hydrogen) atoms. The highest BCUT2D eigenvalue weighted by Gasteiger charge is 2.16. The monoisotopic (exact) mass is 221 g/mol. The highest BCUT2D eigenvalue weighted by molar-refractivity contribution is 4.95. The normalized spacial score (nSPS) is 19.6. The topological polar surface area (TPSA) is 12.0 Å². The minimum Gasteiger partial charge on any atom is -0.317 e. The van der Waals surface area contributed by atoms with Gasteiger partial charge in [-0.2, -0.15) is 0 Å². The lowest BCUT2D eigenvalue weighted by atomic mass is 9.91. The maximum Gasteiger partial charge on any atom is 0.0103 e. The van der Waals surface area contributed by atoms with Gasteiger partial charge in [0.2, 0.25) is 0 Å². The van der Waals surface area contributed by atoms with Crippen molar-refractivity contribution in [2.75, 3.05) is 7.05 Å². The van der Waals surface area contributed by atoms with Crippen LogP contribution in [0.15, 0.2) is 0 Å². The number of hydrogen-bond acceptors (Lipinski definition) is 1. The third-order valence-electron chi connectivity index (χ3n) is 3.80. The Labute approximate surface area is 101 Å². The first kappa shape index (κ1) is 13.6. The van der Waals surface area contributed by atoms with Crippen LogP contribution >= 0.6 is 0 Å². The van der Waals surface area contributed by atoms with E-state index in [1.807, 2.05) is 6.92 Å². The summed E-state index contributed by atoms with van der Waals surface area (Å²) in [6.07, 6.45) is 12.4. The van der Waals surface area contributed by atoms with Gasteiger partial charge in [0.25, 0.3) is 0 Å². The average Bonchev–Trinajstić information content (AvgIpc) is 2.56.